The highest BCUT2D eigenvalue weighted by atomic mass is 32.2. The third kappa shape index (κ3) is 6.00. The van der Waals surface area contributed by atoms with Crippen LogP contribution in [-0.4, -0.2) is 48.1 Å². The summed E-state index contributed by atoms with van der Waals surface area (Å²) in [4.78, 5) is 30.2. The Morgan fingerprint density at radius 2 is 1.72 bits per heavy atom. The molecule has 0 saturated heterocycles. The molecule has 0 saturated carbocycles. The summed E-state index contributed by atoms with van der Waals surface area (Å²) in [6, 6.07) is 21.5. The second kappa shape index (κ2) is 13.4. The first-order valence-corrected chi connectivity index (χ1v) is 16.6. The van der Waals surface area contributed by atoms with Crippen LogP contribution in [0.3, 0.4) is 0 Å². The van der Waals surface area contributed by atoms with Gasteiger partial charge in [-0.25, -0.2) is 9.07 Å². The van der Waals surface area contributed by atoms with Crippen molar-refractivity contribution < 1.29 is 23.5 Å². The van der Waals surface area contributed by atoms with Gasteiger partial charge in [-0.3, -0.25) is 14.5 Å². The molecule has 3 heterocycles. The van der Waals surface area contributed by atoms with Gasteiger partial charge in [0.15, 0.2) is 0 Å². The first-order chi connectivity index (χ1) is 22.3. The number of benzene rings is 3. The Kier molecular flexibility index (Phi) is 9.14. The molecule has 6 rings (SSSR count). The molecule has 2 aromatic heterocycles. The zero-order chi connectivity index (χ0) is 32.4. The Morgan fingerprint density at radius 3 is 2.39 bits per heavy atom. The number of amides is 2. The molecule has 11 heteroatoms. The van der Waals surface area contributed by atoms with Crippen molar-refractivity contribution in [2.24, 2.45) is 0 Å². The van der Waals surface area contributed by atoms with E-state index < -0.39 is 0 Å². The van der Waals surface area contributed by atoms with E-state index in [1.807, 2.05) is 61.7 Å². The van der Waals surface area contributed by atoms with E-state index in [0.29, 0.717) is 28.6 Å². The van der Waals surface area contributed by atoms with Gasteiger partial charge in [0, 0.05) is 17.0 Å². The topological polar surface area (TPSA) is 85.7 Å². The lowest BCUT2D eigenvalue weighted by Gasteiger charge is -2.24. The molecule has 0 spiro atoms. The lowest BCUT2D eigenvalue weighted by molar-refractivity contribution is -0.123. The summed E-state index contributed by atoms with van der Waals surface area (Å²) >= 11 is 3.11. The second-order valence-corrected chi connectivity index (χ2v) is 12.9. The molecule has 236 valence electrons. The van der Waals surface area contributed by atoms with E-state index in [4.69, 9.17) is 14.6 Å². The van der Waals surface area contributed by atoms with E-state index in [1.54, 1.807) is 42.4 Å². The van der Waals surface area contributed by atoms with Crippen LogP contribution in [0.1, 0.15) is 32.4 Å². The third-order valence-electron chi connectivity index (χ3n) is 8.06. The molecule has 0 radical (unpaired) electrons. The molecule has 0 unspecified atom stereocenters. The van der Waals surface area contributed by atoms with Crippen molar-refractivity contribution in [2.45, 2.75) is 25.6 Å². The first-order valence-electron chi connectivity index (χ1n) is 14.7. The normalized spacial score (nSPS) is 14.5. The van der Waals surface area contributed by atoms with Gasteiger partial charge in [-0.15, -0.1) is 23.1 Å². The van der Waals surface area contributed by atoms with Gasteiger partial charge in [0.05, 0.1) is 36.5 Å². The van der Waals surface area contributed by atoms with Gasteiger partial charge in [0.1, 0.15) is 35.4 Å². The molecule has 5 aromatic rings. The molecule has 1 N–H and O–H groups in total. The molecule has 2 amide bonds. The largest absolute Gasteiger partial charge is 0.496 e. The van der Waals surface area contributed by atoms with Crippen LogP contribution in [0.4, 0.5) is 10.2 Å². The van der Waals surface area contributed by atoms with E-state index in [-0.39, 0.29) is 41.7 Å². The van der Waals surface area contributed by atoms with Crippen LogP contribution in [0.2, 0.25) is 0 Å². The van der Waals surface area contributed by atoms with Crippen molar-refractivity contribution in [2.75, 3.05) is 31.4 Å². The van der Waals surface area contributed by atoms with Gasteiger partial charge in [-0.2, -0.15) is 5.10 Å². The maximum absolute atomic E-state index is 14.1. The molecule has 46 heavy (non-hydrogen) atoms. The Bertz CT molecular complexity index is 1870. The lowest BCUT2D eigenvalue weighted by atomic mass is 10.0. The SMILES string of the molecule is COc1cccc(OC)c1-c1nn(-c2cccc(C)c2C)c2c1[C@@H](c1cccs1)SCC(=O)N2CC(=O)NCc1ccc(F)cc1. The number of aromatic nitrogens is 2. The van der Waals surface area contributed by atoms with Gasteiger partial charge in [0.2, 0.25) is 11.8 Å². The van der Waals surface area contributed by atoms with Crippen molar-refractivity contribution in [3.05, 3.63) is 111 Å². The molecular weight excluding hydrogens is 624 g/mol. The van der Waals surface area contributed by atoms with E-state index >= 15 is 0 Å². The lowest BCUT2D eigenvalue weighted by Crippen LogP contribution is -2.42. The number of thioether (sulfide) groups is 1. The Hall–Kier alpha value is -4.61. The number of halogens is 1. The number of rotatable bonds is 9. The van der Waals surface area contributed by atoms with Crippen molar-refractivity contribution in [3.63, 3.8) is 0 Å². The van der Waals surface area contributed by atoms with Crippen molar-refractivity contribution in [1.29, 1.82) is 0 Å². The van der Waals surface area contributed by atoms with Crippen LogP contribution >= 0.6 is 23.1 Å². The Balaban J connectivity index is 1.57. The van der Waals surface area contributed by atoms with Gasteiger partial charge in [-0.1, -0.05) is 36.4 Å². The highest BCUT2D eigenvalue weighted by Crippen LogP contribution is 2.52. The minimum absolute atomic E-state index is 0.151. The molecule has 1 aliphatic heterocycles. The zero-order valence-electron chi connectivity index (χ0n) is 25.9. The Morgan fingerprint density at radius 1 is 1.00 bits per heavy atom. The molecule has 0 fully saturated rings. The van der Waals surface area contributed by atoms with Gasteiger partial charge < -0.3 is 14.8 Å². The summed E-state index contributed by atoms with van der Waals surface area (Å²) in [6.07, 6.45) is 0. The van der Waals surface area contributed by atoms with Crippen LogP contribution in [-0.2, 0) is 16.1 Å². The monoisotopic (exact) mass is 656 g/mol. The number of aryl methyl sites for hydroxylation is 1. The summed E-state index contributed by atoms with van der Waals surface area (Å²) in [5, 5.41) is 9.88. The molecule has 3 aromatic carbocycles. The molecule has 1 atom stereocenters. The van der Waals surface area contributed by atoms with Gasteiger partial charge >= 0.3 is 0 Å². The predicted octanol–water partition coefficient (Wildman–Crippen LogP) is 6.86. The number of hydrogen-bond acceptors (Lipinski definition) is 7. The number of fused-ring (bicyclic) bond motifs is 1. The minimum Gasteiger partial charge on any atom is -0.496 e. The second-order valence-electron chi connectivity index (χ2n) is 10.8. The highest BCUT2D eigenvalue weighted by molar-refractivity contribution is 8.00. The fraction of sp³-hybridized carbons (Fsp3) is 0.229. The molecule has 0 bridgehead atoms. The van der Waals surface area contributed by atoms with Crippen LogP contribution in [0.5, 0.6) is 11.5 Å². The third-order valence-corrected chi connectivity index (χ3v) is 10.4. The average molecular weight is 657 g/mol. The number of nitrogens with zero attached hydrogens (tertiary/aromatic N) is 3. The van der Waals surface area contributed by atoms with Gasteiger partial charge in [0.25, 0.3) is 0 Å². The predicted molar refractivity (Wildman–Crippen MR) is 181 cm³/mol. The van der Waals surface area contributed by atoms with Gasteiger partial charge in [-0.05, 0) is 72.3 Å². The fourth-order valence-corrected chi connectivity index (χ4v) is 7.76. The number of thiophene rings is 1. The fourth-order valence-electron chi connectivity index (χ4n) is 5.59. The Labute approximate surface area is 275 Å². The maximum Gasteiger partial charge on any atom is 0.240 e. The number of methoxy groups -OCH3 is 2. The van der Waals surface area contributed by atoms with Crippen molar-refractivity contribution in [1.82, 2.24) is 15.1 Å². The number of ether oxygens (including phenoxy) is 2. The highest BCUT2D eigenvalue weighted by Gasteiger charge is 2.39. The summed E-state index contributed by atoms with van der Waals surface area (Å²) in [5.41, 5.74) is 5.63. The smallest absolute Gasteiger partial charge is 0.240 e. The van der Waals surface area contributed by atoms with Crippen molar-refractivity contribution >= 4 is 40.7 Å². The summed E-state index contributed by atoms with van der Waals surface area (Å²) in [5.74, 6) is 0.890. The summed E-state index contributed by atoms with van der Waals surface area (Å²) in [6.45, 7) is 4.01. The number of carbonyl (C=O) groups is 2. The number of anilines is 1. The number of hydrogen-bond donors (Lipinski definition) is 1. The molecular formula is C35H33FN4O4S2. The van der Waals surface area contributed by atoms with E-state index in [0.717, 1.165) is 32.8 Å². The quantitative estimate of drug-likeness (QED) is 0.187. The van der Waals surface area contributed by atoms with Crippen LogP contribution in [0.15, 0.2) is 78.2 Å². The minimum atomic E-state index is -0.353. The van der Waals surface area contributed by atoms with E-state index in [2.05, 4.69) is 11.4 Å². The van der Waals surface area contributed by atoms with Crippen molar-refractivity contribution in [3.8, 4) is 28.4 Å². The van der Waals surface area contributed by atoms with E-state index in [9.17, 15) is 14.0 Å². The zero-order valence-corrected chi connectivity index (χ0v) is 27.5. The van der Waals surface area contributed by atoms with Crippen LogP contribution in [0.25, 0.3) is 16.9 Å². The summed E-state index contributed by atoms with van der Waals surface area (Å²) < 4.78 is 26.9. The standard InChI is InChI=1S/C35H33FN4O4S2/c1-21-8-5-9-25(22(21)2)40-35-32(33(38-40)31-26(43-3)10-6-11-27(31)44-4)34(28-12-7-17-45-28)46-20-30(42)39(35)19-29(41)37-18-23-13-15-24(36)16-14-23/h5-17,34H,18-20H2,1-4H3,(H,37,41)/t34-/m1/s1. The van der Waals surface area contributed by atoms with Crippen LogP contribution < -0.4 is 19.7 Å². The summed E-state index contributed by atoms with van der Waals surface area (Å²) in [7, 11) is 3.21. The molecule has 1 aliphatic rings. The van der Waals surface area contributed by atoms with E-state index in [1.165, 1.54) is 28.8 Å². The average Bonchev–Trinajstić information content (AvgIpc) is 3.71. The number of carbonyl (C=O) groups excluding carboxylic acids is 2. The maximum atomic E-state index is 14.1. The first kappa shape index (κ1) is 31.4. The number of nitrogens with one attached hydrogen (secondary N) is 1. The molecule has 8 nitrogen and oxygen atoms in total. The van der Waals surface area contributed by atoms with Crippen LogP contribution in [0, 0.1) is 19.7 Å². The molecule has 0 aliphatic carbocycles.